The van der Waals surface area contributed by atoms with Crippen molar-refractivity contribution in [1.29, 1.82) is 0 Å². The van der Waals surface area contributed by atoms with Gasteiger partial charge in [-0.25, -0.2) is 0 Å². The second kappa shape index (κ2) is 16.8. The molecule has 0 amide bonds. The van der Waals surface area contributed by atoms with Crippen molar-refractivity contribution in [2.24, 2.45) is 17.8 Å². The lowest BCUT2D eigenvalue weighted by atomic mass is 9.74. The van der Waals surface area contributed by atoms with E-state index >= 15 is 0 Å². The molecule has 0 aliphatic heterocycles. The van der Waals surface area contributed by atoms with E-state index < -0.39 is 0 Å². The van der Waals surface area contributed by atoms with E-state index in [1.54, 1.807) is 0 Å². The molecule has 3 atom stereocenters. The van der Waals surface area contributed by atoms with Gasteiger partial charge in [0.2, 0.25) is 0 Å². The summed E-state index contributed by atoms with van der Waals surface area (Å²) in [4.78, 5) is 4.74. The van der Waals surface area contributed by atoms with Crippen LogP contribution < -0.4 is 4.74 Å². The molecule has 2 aromatic rings. The van der Waals surface area contributed by atoms with E-state index in [4.69, 9.17) is 9.72 Å². The van der Waals surface area contributed by atoms with Gasteiger partial charge in [0.1, 0.15) is 5.75 Å². The number of pyridine rings is 1. The van der Waals surface area contributed by atoms with E-state index in [2.05, 4.69) is 63.4 Å². The van der Waals surface area contributed by atoms with Gasteiger partial charge < -0.3 is 4.74 Å². The quantitative estimate of drug-likeness (QED) is 0.205. The van der Waals surface area contributed by atoms with Gasteiger partial charge in [-0.05, 0) is 79.3 Å². The van der Waals surface area contributed by atoms with Crippen LogP contribution in [0.4, 0.5) is 0 Å². The van der Waals surface area contributed by atoms with Crippen molar-refractivity contribution in [1.82, 2.24) is 4.98 Å². The highest BCUT2D eigenvalue weighted by Crippen LogP contribution is 2.36. The lowest BCUT2D eigenvalue weighted by Gasteiger charge is -2.31. The smallest absolute Gasteiger partial charge is 0.119 e. The van der Waals surface area contributed by atoms with E-state index in [1.807, 2.05) is 0 Å². The molecule has 1 aliphatic carbocycles. The largest absolute Gasteiger partial charge is 0.494 e. The third-order valence-corrected chi connectivity index (χ3v) is 8.57. The minimum absolute atomic E-state index is 0.835. The molecule has 1 saturated carbocycles. The van der Waals surface area contributed by atoms with Gasteiger partial charge in [0.15, 0.2) is 0 Å². The fraction of sp³-hybridized carbons (Fsp3) is 0.676. The van der Waals surface area contributed by atoms with Crippen molar-refractivity contribution in [2.45, 2.75) is 124 Å². The van der Waals surface area contributed by atoms with E-state index in [0.717, 1.165) is 42.2 Å². The maximum atomic E-state index is 6.11. The number of aromatic nitrogens is 1. The first-order valence-electron chi connectivity index (χ1n) is 15.4. The van der Waals surface area contributed by atoms with E-state index in [0.29, 0.717) is 0 Å². The lowest BCUT2D eigenvalue weighted by molar-refractivity contribution is 0.190. The highest BCUT2D eigenvalue weighted by molar-refractivity contribution is 5.60. The molecule has 0 saturated heterocycles. The second-order valence-corrected chi connectivity index (χ2v) is 11.5. The average molecular weight is 492 g/mol. The van der Waals surface area contributed by atoms with E-state index in [9.17, 15) is 0 Å². The van der Waals surface area contributed by atoms with Crippen LogP contribution in [0, 0.1) is 17.8 Å². The van der Waals surface area contributed by atoms with Crippen LogP contribution in [0.25, 0.3) is 11.3 Å². The first kappa shape index (κ1) is 28.7. The van der Waals surface area contributed by atoms with Crippen molar-refractivity contribution >= 4 is 0 Å². The molecule has 1 aromatic carbocycles. The number of ether oxygens (including phenoxy) is 1. The summed E-state index contributed by atoms with van der Waals surface area (Å²) in [6, 6.07) is 12.9. The highest BCUT2D eigenvalue weighted by Gasteiger charge is 2.24. The summed E-state index contributed by atoms with van der Waals surface area (Å²) in [6.45, 7) is 7.80. The zero-order valence-electron chi connectivity index (χ0n) is 23.6. The molecule has 3 rings (SSSR count). The number of benzene rings is 1. The van der Waals surface area contributed by atoms with Crippen molar-refractivity contribution in [2.75, 3.05) is 6.61 Å². The number of unbranched alkanes of at least 4 members (excludes halogenated alkanes) is 4. The van der Waals surface area contributed by atoms with Crippen LogP contribution in [-0.2, 0) is 6.42 Å². The highest BCUT2D eigenvalue weighted by atomic mass is 16.5. The van der Waals surface area contributed by atoms with Crippen molar-refractivity contribution in [3.8, 4) is 17.0 Å². The van der Waals surface area contributed by atoms with Gasteiger partial charge in [0.25, 0.3) is 0 Å². The van der Waals surface area contributed by atoms with Crippen LogP contribution in [0.3, 0.4) is 0 Å². The molecule has 2 heteroatoms. The zero-order chi connectivity index (χ0) is 25.4. The number of rotatable bonds is 17. The molecule has 36 heavy (non-hydrogen) atoms. The normalized spacial score (nSPS) is 18.8. The third kappa shape index (κ3) is 10.3. The fourth-order valence-corrected chi connectivity index (χ4v) is 5.90. The van der Waals surface area contributed by atoms with Crippen molar-refractivity contribution in [3.05, 3.63) is 48.2 Å². The fourth-order valence-electron chi connectivity index (χ4n) is 5.90. The molecule has 1 fully saturated rings. The summed E-state index contributed by atoms with van der Waals surface area (Å²) in [7, 11) is 0. The molecule has 2 nitrogen and oxygen atoms in total. The minimum Gasteiger partial charge on any atom is -0.494 e. The Morgan fingerprint density at radius 3 is 2.25 bits per heavy atom. The van der Waals surface area contributed by atoms with Crippen LogP contribution in [0.5, 0.6) is 5.75 Å². The molecule has 1 heterocycles. The van der Waals surface area contributed by atoms with Gasteiger partial charge in [-0.2, -0.15) is 0 Å². The molecule has 1 aliphatic rings. The van der Waals surface area contributed by atoms with Crippen LogP contribution in [-0.4, -0.2) is 11.6 Å². The zero-order valence-corrected chi connectivity index (χ0v) is 23.6. The van der Waals surface area contributed by atoms with Crippen molar-refractivity contribution < 1.29 is 4.74 Å². The summed E-state index contributed by atoms with van der Waals surface area (Å²) in [6.07, 6.45) is 23.8. The molecule has 1 aromatic heterocycles. The lowest BCUT2D eigenvalue weighted by Crippen LogP contribution is -2.20. The molecule has 0 bridgehead atoms. The maximum absolute atomic E-state index is 6.11. The SMILES string of the molecule is CCCCCC1CCCCC1CCCOc1ccc(-c2ccc(CCCCC[C@@H](C)CC)cn2)cc1. The first-order chi connectivity index (χ1) is 17.7. The maximum Gasteiger partial charge on any atom is 0.119 e. The number of hydrogen-bond donors (Lipinski definition) is 0. The van der Waals surface area contributed by atoms with Crippen molar-refractivity contribution in [3.63, 3.8) is 0 Å². The average Bonchev–Trinajstić information content (AvgIpc) is 2.92. The Bertz CT molecular complexity index is 812. The van der Waals surface area contributed by atoms with Gasteiger partial charge in [-0.3, -0.25) is 4.98 Å². The Balaban J connectivity index is 1.35. The minimum atomic E-state index is 0.835. The standard InChI is InChI=1S/C34H53NO/c1-4-6-8-16-30-17-11-12-18-31(30)19-13-26-36-33-23-21-32(22-24-33)34-25-20-29(27-35-34)15-10-7-9-14-28(3)5-2/h20-25,27-28,30-31H,4-19,26H2,1-3H3/t28-,30?,31?/m0/s1. The molecule has 0 spiro atoms. The summed E-state index contributed by atoms with van der Waals surface area (Å²) < 4.78 is 6.11. The summed E-state index contributed by atoms with van der Waals surface area (Å²) in [5.74, 6) is 3.76. The Labute approximate surface area is 222 Å². The van der Waals surface area contributed by atoms with Crippen LogP contribution in [0.2, 0.25) is 0 Å². The molecule has 0 radical (unpaired) electrons. The van der Waals surface area contributed by atoms with Gasteiger partial charge in [-0.15, -0.1) is 0 Å². The number of nitrogens with zero attached hydrogens (tertiary/aromatic N) is 1. The number of aryl methyl sites for hydroxylation is 1. The second-order valence-electron chi connectivity index (χ2n) is 11.5. The Kier molecular flexibility index (Phi) is 13.4. The third-order valence-electron chi connectivity index (χ3n) is 8.57. The Morgan fingerprint density at radius 2 is 1.58 bits per heavy atom. The summed E-state index contributed by atoms with van der Waals surface area (Å²) in [5.41, 5.74) is 3.57. The Hall–Kier alpha value is -1.83. The first-order valence-corrected chi connectivity index (χ1v) is 15.4. The molecule has 200 valence electrons. The van der Waals surface area contributed by atoms with Gasteiger partial charge >= 0.3 is 0 Å². The van der Waals surface area contributed by atoms with E-state index in [1.165, 1.54) is 107 Å². The number of hydrogen-bond acceptors (Lipinski definition) is 2. The Morgan fingerprint density at radius 1 is 0.833 bits per heavy atom. The van der Waals surface area contributed by atoms with Gasteiger partial charge in [0.05, 0.1) is 12.3 Å². The summed E-state index contributed by atoms with van der Waals surface area (Å²) >= 11 is 0. The molecule has 2 unspecified atom stereocenters. The van der Waals surface area contributed by atoms with Gasteiger partial charge in [-0.1, -0.05) is 104 Å². The van der Waals surface area contributed by atoms with Crippen LogP contribution in [0.1, 0.15) is 123 Å². The molecular formula is C34H53NO. The van der Waals surface area contributed by atoms with Crippen LogP contribution in [0.15, 0.2) is 42.6 Å². The van der Waals surface area contributed by atoms with E-state index in [-0.39, 0.29) is 0 Å². The van der Waals surface area contributed by atoms with Gasteiger partial charge in [0, 0.05) is 11.8 Å². The molecular weight excluding hydrogens is 438 g/mol. The predicted octanol–water partition coefficient (Wildman–Crippen LogP) is 10.4. The predicted molar refractivity (Wildman–Crippen MR) is 156 cm³/mol. The molecule has 0 N–H and O–H groups in total. The van der Waals surface area contributed by atoms with Crippen LogP contribution >= 0.6 is 0 Å². The monoisotopic (exact) mass is 491 g/mol. The summed E-state index contributed by atoms with van der Waals surface area (Å²) in [5, 5.41) is 0. The topological polar surface area (TPSA) is 22.1 Å².